The second kappa shape index (κ2) is 10.8. The molecule has 33 heavy (non-hydrogen) atoms. The molecule has 2 aliphatic rings. The van der Waals surface area contributed by atoms with Crippen molar-refractivity contribution in [2.75, 3.05) is 6.54 Å². The summed E-state index contributed by atoms with van der Waals surface area (Å²) < 4.78 is 25.3. The number of fused-ring (bicyclic) bond motifs is 1. The second-order valence-electron chi connectivity index (χ2n) is 9.13. The SMILES string of the molecule is C=CC[C@H]([C@H]1O[C@@H]2OC(C)(C)O[C@@H]2[C@H]1OCc1ccccc1)N(CC=C)Cc1ccccc1. The van der Waals surface area contributed by atoms with Crippen molar-refractivity contribution >= 4 is 0 Å². The summed E-state index contributed by atoms with van der Waals surface area (Å²) in [5.74, 6) is -0.701. The summed E-state index contributed by atoms with van der Waals surface area (Å²) in [5, 5.41) is 0. The molecule has 2 fully saturated rings. The van der Waals surface area contributed by atoms with Crippen molar-refractivity contribution in [1.29, 1.82) is 0 Å². The van der Waals surface area contributed by atoms with E-state index in [4.69, 9.17) is 18.9 Å². The summed E-state index contributed by atoms with van der Waals surface area (Å²) in [6.07, 6.45) is 3.38. The fraction of sp³-hybridized carbons (Fsp3) is 0.429. The molecule has 0 N–H and O–H groups in total. The van der Waals surface area contributed by atoms with Crippen molar-refractivity contribution in [2.45, 2.75) is 69.9 Å². The van der Waals surface area contributed by atoms with Crippen molar-refractivity contribution in [3.63, 3.8) is 0 Å². The molecule has 2 saturated heterocycles. The van der Waals surface area contributed by atoms with Crippen LogP contribution in [0.2, 0.25) is 0 Å². The van der Waals surface area contributed by atoms with Crippen LogP contribution in [0.25, 0.3) is 0 Å². The molecule has 5 atom stereocenters. The smallest absolute Gasteiger partial charge is 0.190 e. The summed E-state index contributed by atoms with van der Waals surface area (Å²) in [4.78, 5) is 2.37. The van der Waals surface area contributed by atoms with Crippen LogP contribution in [0.15, 0.2) is 86.0 Å². The Morgan fingerprint density at radius 3 is 2.27 bits per heavy atom. The van der Waals surface area contributed by atoms with Gasteiger partial charge in [0.2, 0.25) is 0 Å². The molecule has 4 rings (SSSR count). The van der Waals surface area contributed by atoms with Gasteiger partial charge in [-0.25, -0.2) is 0 Å². The fourth-order valence-electron chi connectivity index (χ4n) is 4.73. The summed E-state index contributed by atoms with van der Waals surface area (Å²) >= 11 is 0. The molecule has 0 saturated carbocycles. The monoisotopic (exact) mass is 449 g/mol. The standard InChI is InChI=1S/C28H35NO4/c1-5-13-23(29(18-6-2)19-21-14-9-7-10-15-21)24-25(30-20-22-16-11-8-12-17-22)26-27(31-24)33-28(3,4)32-26/h5-12,14-17,23-27H,1-2,13,18-20H2,3-4H3/t23-,24-,25+,26-,27-/m1/s1. The van der Waals surface area contributed by atoms with Gasteiger partial charge in [0.15, 0.2) is 12.1 Å². The normalized spacial score (nSPS) is 26.8. The molecular formula is C28H35NO4. The lowest BCUT2D eigenvalue weighted by Gasteiger charge is -2.37. The zero-order chi connectivity index (χ0) is 23.3. The molecule has 0 radical (unpaired) electrons. The number of ether oxygens (including phenoxy) is 4. The first-order valence-electron chi connectivity index (χ1n) is 11.7. The predicted molar refractivity (Wildman–Crippen MR) is 129 cm³/mol. The van der Waals surface area contributed by atoms with E-state index in [1.54, 1.807) is 0 Å². The number of benzene rings is 2. The maximum Gasteiger partial charge on any atom is 0.190 e. The van der Waals surface area contributed by atoms with Crippen molar-refractivity contribution in [3.05, 3.63) is 97.1 Å². The van der Waals surface area contributed by atoms with Crippen LogP contribution in [-0.2, 0) is 32.1 Å². The molecule has 2 heterocycles. The van der Waals surface area contributed by atoms with Crippen LogP contribution >= 0.6 is 0 Å². The van der Waals surface area contributed by atoms with Crippen molar-refractivity contribution in [2.24, 2.45) is 0 Å². The minimum absolute atomic E-state index is 0.0300. The first kappa shape index (κ1) is 23.9. The van der Waals surface area contributed by atoms with E-state index < -0.39 is 12.1 Å². The highest BCUT2D eigenvalue weighted by molar-refractivity contribution is 5.16. The average Bonchev–Trinajstić information content (AvgIpc) is 3.28. The van der Waals surface area contributed by atoms with Crippen molar-refractivity contribution in [3.8, 4) is 0 Å². The Balaban J connectivity index is 1.59. The molecule has 2 aromatic carbocycles. The highest BCUT2D eigenvalue weighted by Crippen LogP contribution is 2.41. The minimum atomic E-state index is -0.701. The molecule has 2 aromatic rings. The largest absolute Gasteiger partial charge is 0.368 e. The fourth-order valence-corrected chi connectivity index (χ4v) is 4.73. The van der Waals surface area contributed by atoms with E-state index in [1.807, 2.05) is 50.3 Å². The van der Waals surface area contributed by atoms with Gasteiger partial charge in [0.25, 0.3) is 0 Å². The molecule has 0 spiro atoms. The Kier molecular flexibility index (Phi) is 7.78. The number of nitrogens with zero attached hydrogens (tertiary/aromatic N) is 1. The third-order valence-electron chi connectivity index (χ3n) is 6.16. The molecule has 0 unspecified atom stereocenters. The van der Waals surface area contributed by atoms with Gasteiger partial charge >= 0.3 is 0 Å². The van der Waals surface area contributed by atoms with Crippen LogP contribution in [0.3, 0.4) is 0 Å². The molecular weight excluding hydrogens is 414 g/mol. The van der Waals surface area contributed by atoms with Crippen molar-refractivity contribution < 1.29 is 18.9 Å². The summed E-state index contributed by atoms with van der Waals surface area (Å²) in [7, 11) is 0. The molecule has 0 bridgehead atoms. The van der Waals surface area contributed by atoms with Crippen LogP contribution < -0.4 is 0 Å². The van der Waals surface area contributed by atoms with E-state index in [0.29, 0.717) is 6.61 Å². The van der Waals surface area contributed by atoms with Gasteiger partial charge in [0, 0.05) is 19.1 Å². The highest BCUT2D eigenvalue weighted by atomic mass is 16.8. The van der Waals surface area contributed by atoms with Crippen LogP contribution in [-0.4, -0.2) is 47.9 Å². The maximum atomic E-state index is 6.51. The minimum Gasteiger partial charge on any atom is -0.368 e. The molecule has 176 valence electrons. The average molecular weight is 450 g/mol. The van der Waals surface area contributed by atoms with E-state index >= 15 is 0 Å². The Bertz CT molecular complexity index is 901. The van der Waals surface area contributed by atoms with Gasteiger partial charge in [0.1, 0.15) is 18.3 Å². The molecule has 5 heteroatoms. The van der Waals surface area contributed by atoms with Gasteiger partial charge in [0.05, 0.1) is 6.61 Å². The maximum absolute atomic E-state index is 6.51. The Labute approximate surface area is 197 Å². The van der Waals surface area contributed by atoms with Crippen LogP contribution in [0.5, 0.6) is 0 Å². The lowest BCUT2D eigenvalue weighted by atomic mass is 9.98. The van der Waals surface area contributed by atoms with Crippen molar-refractivity contribution in [1.82, 2.24) is 4.90 Å². The summed E-state index contributed by atoms with van der Waals surface area (Å²) in [5.41, 5.74) is 2.35. The van der Waals surface area contributed by atoms with E-state index in [2.05, 4.69) is 54.5 Å². The summed E-state index contributed by atoms with van der Waals surface area (Å²) in [6.45, 7) is 13.8. The van der Waals surface area contributed by atoms with Crippen LogP contribution in [0, 0.1) is 0 Å². The first-order valence-corrected chi connectivity index (χ1v) is 11.7. The predicted octanol–water partition coefficient (Wildman–Crippen LogP) is 5.08. The van der Waals surface area contributed by atoms with Gasteiger partial charge in [-0.1, -0.05) is 72.8 Å². The Morgan fingerprint density at radius 2 is 1.64 bits per heavy atom. The lowest BCUT2D eigenvalue weighted by molar-refractivity contribution is -0.226. The number of hydrogen-bond donors (Lipinski definition) is 0. The van der Waals surface area contributed by atoms with E-state index in [9.17, 15) is 0 Å². The molecule has 0 aromatic heterocycles. The third-order valence-corrected chi connectivity index (χ3v) is 6.16. The van der Waals surface area contributed by atoms with Crippen LogP contribution in [0.1, 0.15) is 31.4 Å². The Hall–Kier alpha value is -2.28. The zero-order valence-electron chi connectivity index (χ0n) is 19.6. The second-order valence-corrected chi connectivity index (χ2v) is 9.13. The van der Waals surface area contributed by atoms with Gasteiger partial charge < -0.3 is 18.9 Å². The van der Waals surface area contributed by atoms with E-state index in [0.717, 1.165) is 25.1 Å². The molecule has 0 aliphatic carbocycles. The molecule has 5 nitrogen and oxygen atoms in total. The molecule has 2 aliphatic heterocycles. The lowest BCUT2D eigenvalue weighted by Crippen LogP contribution is -2.50. The molecule has 0 amide bonds. The quantitative estimate of drug-likeness (QED) is 0.448. The van der Waals surface area contributed by atoms with Gasteiger partial charge in [-0.05, 0) is 31.4 Å². The van der Waals surface area contributed by atoms with Gasteiger partial charge in [-0.3, -0.25) is 4.90 Å². The van der Waals surface area contributed by atoms with Crippen LogP contribution in [0.4, 0.5) is 0 Å². The first-order chi connectivity index (χ1) is 16.0. The summed E-state index contributed by atoms with van der Waals surface area (Å²) in [6, 6.07) is 20.7. The number of hydrogen-bond acceptors (Lipinski definition) is 5. The topological polar surface area (TPSA) is 40.2 Å². The number of rotatable bonds is 11. The zero-order valence-corrected chi connectivity index (χ0v) is 19.6. The third kappa shape index (κ3) is 5.81. The van der Waals surface area contributed by atoms with E-state index in [1.165, 1.54) is 5.56 Å². The van der Waals surface area contributed by atoms with E-state index in [-0.39, 0.29) is 24.4 Å². The Morgan fingerprint density at radius 1 is 0.970 bits per heavy atom. The van der Waals surface area contributed by atoms with Gasteiger partial charge in [-0.15, -0.1) is 13.2 Å². The van der Waals surface area contributed by atoms with Gasteiger partial charge in [-0.2, -0.15) is 0 Å². The highest BCUT2D eigenvalue weighted by Gasteiger charge is 2.57.